The molecule has 0 aliphatic carbocycles. The SMILES string of the molecule is CC1(C)COCCN1c1ccc(CCl)cc1. The highest BCUT2D eigenvalue weighted by Crippen LogP contribution is 2.27. The van der Waals surface area contributed by atoms with Gasteiger partial charge in [-0.2, -0.15) is 0 Å². The Morgan fingerprint density at radius 1 is 1.31 bits per heavy atom. The molecule has 0 N–H and O–H groups in total. The molecule has 1 aliphatic rings. The minimum Gasteiger partial charge on any atom is -0.377 e. The number of halogens is 1. The molecule has 1 aromatic carbocycles. The number of benzene rings is 1. The third-order valence-corrected chi connectivity index (χ3v) is 3.36. The van der Waals surface area contributed by atoms with Gasteiger partial charge in [-0.1, -0.05) is 12.1 Å². The van der Waals surface area contributed by atoms with E-state index in [1.807, 2.05) is 0 Å². The van der Waals surface area contributed by atoms with Gasteiger partial charge in [0.15, 0.2) is 0 Å². The second kappa shape index (κ2) is 4.64. The Bertz CT molecular complexity index is 347. The van der Waals surface area contributed by atoms with Crippen molar-refractivity contribution < 1.29 is 4.74 Å². The lowest BCUT2D eigenvalue weighted by Gasteiger charge is -2.43. The average molecular weight is 240 g/mol. The van der Waals surface area contributed by atoms with E-state index < -0.39 is 0 Å². The maximum Gasteiger partial charge on any atom is 0.0694 e. The van der Waals surface area contributed by atoms with Crippen LogP contribution in [0.25, 0.3) is 0 Å². The lowest BCUT2D eigenvalue weighted by Crippen LogP contribution is -2.53. The lowest BCUT2D eigenvalue weighted by molar-refractivity contribution is 0.0644. The molecular formula is C13H18ClNO. The van der Waals surface area contributed by atoms with Gasteiger partial charge in [0, 0.05) is 18.1 Å². The number of anilines is 1. The first-order valence-corrected chi connectivity index (χ1v) is 6.17. The van der Waals surface area contributed by atoms with E-state index >= 15 is 0 Å². The zero-order valence-corrected chi connectivity index (χ0v) is 10.6. The molecule has 1 fully saturated rings. The Labute approximate surface area is 102 Å². The molecule has 0 amide bonds. The highest BCUT2D eigenvalue weighted by Gasteiger charge is 2.30. The third-order valence-electron chi connectivity index (χ3n) is 3.05. The van der Waals surface area contributed by atoms with Crippen molar-refractivity contribution in [2.45, 2.75) is 25.3 Å². The van der Waals surface area contributed by atoms with Gasteiger partial charge < -0.3 is 9.64 Å². The van der Waals surface area contributed by atoms with Gasteiger partial charge >= 0.3 is 0 Å². The van der Waals surface area contributed by atoms with E-state index in [4.69, 9.17) is 16.3 Å². The molecule has 88 valence electrons. The number of morpholine rings is 1. The smallest absolute Gasteiger partial charge is 0.0694 e. The molecule has 0 saturated carbocycles. The Morgan fingerprint density at radius 2 is 2.00 bits per heavy atom. The Hall–Kier alpha value is -0.730. The Morgan fingerprint density at radius 3 is 2.56 bits per heavy atom. The molecule has 0 bridgehead atoms. The van der Waals surface area contributed by atoms with Crippen molar-refractivity contribution in [2.24, 2.45) is 0 Å². The molecule has 1 aliphatic heterocycles. The van der Waals surface area contributed by atoms with Gasteiger partial charge in [-0.05, 0) is 31.5 Å². The molecule has 2 nitrogen and oxygen atoms in total. The zero-order chi connectivity index (χ0) is 11.6. The van der Waals surface area contributed by atoms with Gasteiger partial charge in [0.25, 0.3) is 0 Å². The van der Waals surface area contributed by atoms with Gasteiger partial charge in [0.05, 0.1) is 18.8 Å². The van der Waals surface area contributed by atoms with Crippen molar-refractivity contribution in [3.63, 3.8) is 0 Å². The van der Waals surface area contributed by atoms with Crippen LogP contribution in [0.5, 0.6) is 0 Å². The summed E-state index contributed by atoms with van der Waals surface area (Å²) in [4.78, 5) is 2.40. The van der Waals surface area contributed by atoms with Crippen LogP contribution in [0.2, 0.25) is 0 Å². The Balaban J connectivity index is 2.21. The van der Waals surface area contributed by atoms with Gasteiger partial charge in [-0.3, -0.25) is 0 Å². The molecule has 0 unspecified atom stereocenters. The number of rotatable bonds is 2. The van der Waals surface area contributed by atoms with Crippen molar-refractivity contribution in [1.82, 2.24) is 0 Å². The van der Waals surface area contributed by atoms with Crippen molar-refractivity contribution in [2.75, 3.05) is 24.7 Å². The first-order chi connectivity index (χ1) is 7.63. The van der Waals surface area contributed by atoms with Crippen LogP contribution in [0.1, 0.15) is 19.4 Å². The summed E-state index contributed by atoms with van der Waals surface area (Å²) in [6, 6.07) is 8.47. The van der Waals surface area contributed by atoms with Gasteiger partial charge in [0.1, 0.15) is 0 Å². The quantitative estimate of drug-likeness (QED) is 0.736. The predicted octanol–water partition coefficient (Wildman–Crippen LogP) is 3.04. The largest absolute Gasteiger partial charge is 0.377 e. The minimum atomic E-state index is 0.0702. The number of hydrogen-bond donors (Lipinski definition) is 0. The summed E-state index contributed by atoms with van der Waals surface area (Å²) in [5, 5.41) is 0. The molecule has 1 heterocycles. The van der Waals surface area contributed by atoms with Crippen LogP contribution in [0.15, 0.2) is 24.3 Å². The van der Waals surface area contributed by atoms with Crippen LogP contribution in [-0.4, -0.2) is 25.3 Å². The zero-order valence-electron chi connectivity index (χ0n) is 9.87. The highest BCUT2D eigenvalue weighted by molar-refractivity contribution is 6.17. The molecule has 3 heteroatoms. The van der Waals surface area contributed by atoms with Crippen LogP contribution in [0.3, 0.4) is 0 Å². The summed E-state index contributed by atoms with van der Waals surface area (Å²) in [6.45, 7) is 6.96. The maximum atomic E-state index is 5.79. The molecule has 2 rings (SSSR count). The fourth-order valence-corrected chi connectivity index (χ4v) is 2.28. The van der Waals surface area contributed by atoms with E-state index in [2.05, 4.69) is 43.0 Å². The standard InChI is InChI=1S/C13H18ClNO/c1-13(2)10-16-8-7-15(13)12-5-3-11(9-14)4-6-12/h3-6H,7-10H2,1-2H3. The van der Waals surface area contributed by atoms with E-state index in [0.29, 0.717) is 5.88 Å². The fraction of sp³-hybridized carbons (Fsp3) is 0.538. The van der Waals surface area contributed by atoms with Crippen molar-refractivity contribution >= 4 is 17.3 Å². The molecule has 0 radical (unpaired) electrons. The molecule has 0 spiro atoms. The monoisotopic (exact) mass is 239 g/mol. The topological polar surface area (TPSA) is 12.5 Å². The minimum absolute atomic E-state index is 0.0702. The number of nitrogens with zero attached hydrogens (tertiary/aromatic N) is 1. The second-order valence-electron chi connectivity index (χ2n) is 4.82. The van der Waals surface area contributed by atoms with Crippen LogP contribution in [-0.2, 0) is 10.6 Å². The number of ether oxygens (including phenoxy) is 1. The van der Waals surface area contributed by atoms with E-state index in [9.17, 15) is 0 Å². The number of hydrogen-bond acceptors (Lipinski definition) is 2. The van der Waals surface area contributed by atoms with E-state index in [1.54, 1.807) is 0 Å². The molecule has 1 saturated heterocycles. The van der Waals surface area contributed by atoms with Crippen molar-refractivity contribution in [3.05, 3.63) is 29.8 Å². The molecule has 0 atom stereocenters. The van der Waals surface area contributed by atoms with Crippen molar-refractivity contribution in [1.29, 1.82) is 0 Å². The maximum absolute atomic E-state index is 5.79. The fourth-order valence-electron chi connectivity index (χ4n) is 2.10. The first-order valence-electron chi connectivity index (χ1n) is 5.64. The second-order valence-corrected chi connectivity index (χ2v) is 5.08. The highest BCUT2D eigenvalue weighted by atomic mass is 35.5. The molecule has 16 heavy (non-hydrogen) atoms. The summed E-state index contributed by atoms with van der Waals surface area (Å²) < 4.78 is 5.52. The Kier molecular flexibility index (Phi) is 3.41. The summed E-state index contributed by atoms with van der Waals surface area (Å²) in [5.41, 5.74) is 2.49. The third kappa shape index (κ3) is 2.33. The van der Waals surface area contributed by atoms with Crippen LogP contribution in [0.4, 0.5) is 5.69 Å². The van der Waals surface area contributed by atoms with E-state index in [-0.39, 0.29) is 5.54 Å². The molecule has 0 aromatic heterocycles. The summed E-state index contributed by atoms with van der Waals surface area (Å²) >= 11 is 5.79. The van der Waals surface area contributed by atoms with E-state index in [1.165, 1.54) is 5.69 Å². The first kappa shape index (κ1) is 11.7. The van der Waals surface area contributed by atoms with Gasteiger partial charge in [0.2, 0.25) is 0 Å². The molecule has 1 aromatic rings. The van der Waals surface area contributed by atoms with Crippen molar-refractivity contribution in [3.8, 4) is 0 Å². The predicted molar refractivity (Wildman–Crippen MR) is 68.2 cm³/mol. The summed E-state index contributed by atoms with van der Waals surface area (Å²) in [7, 11) is 0. The average Bonchev–Trinajstić information content (AvgIpc) is 2.29. The normalized spacial score (nSPS) is 19.8. The molecular weight excluding hydrogens is 222 g/mol. The van der Waals surface area contributed by atoms with E-state index in [0.717, 1.165) is 25.3 Å². The van der Waals surface area contributed by atoms with Gasteiger partial charge in [-0.25, -0.2) is 0 Å². The van der Waals surface area contributed by atoms with Crippen LogP contribution < -0.4 is 4.90 Å². The summed E-state index contributed by atoms with van der Waals surface area (Å²) in [6.07, 6.45) is 0. The van der Waals surface area contributed by atoms with Gasteiger partial charge in [-0.15, -0.1) is 11.6 Å². The van der Waals surface area contributed by atoms with Crippen LogP contribution >= 0.6 is 11.6 Å². The lowest BCUT2D eigenvalue weighted by atomic mass is 10.0. The number of alkyl halides is 1. The summed E-state index contributed by atoms with van der Waals surface area (Å²) in [5.74, 6) is 0.576. The van der Waals surface area contributed by atoms with Crippen LogP contribution in [0, 0.1) is 0 Å².